The maximum absolute atomic E-state index is 5.26. The zero-order valence-corrected chi connectivity index (χ0v) is 12.2. The van der Waals surface area contributed by atoms with Gasteiger partial charge in [-0.15, -0.1) is 0 Å². The van der Waals surface area contributed by atoms with Crippen molar-refractivity contribution in [3.05, 3.63) is 23.5 Å². The second-order valence-corrected chi connectivity index (χ2v) is 4.99. The molecule has 1 heterocycles. The standard InChI is InChI=1S/C14H25N3O/c1-11(2)15-6-7-17(4)10-13-9-14(18-5)8-12(3)16-13/h8-9,11,15H,6-7,10H2,1-5H3. The van der Waals surface area contributed by atoms with Crippen LogP contribution in [-0.4, -0.2) is 43.2 Å². The van der Waals surface area contributed by atoms with Crippen LogP contribution >= 0.6 is 0 Å². The lowest BCUT2D eigenvalue weighted by atomic mass is 10.2. The van der Waals surface area contributed by atoms with Crippen molar-refractivity contribution >= 4 is 0 Å². The second kappa shape index (κ2) is 7.34. The number of hydrogen-bond donors (Lipinski definition) is 1. The Kier molecular flexibility index (Phi) is 6.09. The lowest BCUT2D eigenvalue weighted by Gasteiger charge is -2.18. The Morgan fingerprint density at radius 3 is 2.72 bits per heavy atom. The summed E-state index contributed by atoms with van der Waals surface area (Å²) in [7, 11) is 3.80. The molecule has 1 aromatic rings. The Hall–Kier alpha value is -1.13. The van der Waals surface area contributed by atoms with Crippen molar-refractivity contribution in [3.8, 4) is 5.75 Å². The summed E-state index contributed by atoms with van der Waals surface area (Å²) < 4.78 is 5.26. The molecule has 0 amide bonds. The van der Waals surface area contributed by atoms with E-state index in [9.17, 15) is 0 Å². The smallest absolute Gasteiger partial charge is 0.122 e. The van der Waals surface area contributed by atoms with E-state index >= 15 is 0 Å². The van der Waals surface area contributed by atoms with E-state index in [2.05, 4.69) is 36.1 Å². The number of aryl methyl sites for hydroxylation is 1. The highest BCUT2D eigenvalue weighted by Gasteiger charge is 2.04. The van der Waals surface area contributed by atoms with E-state index in [4.69, 9.17) is 4.74 Å². The molecule has 0 aromatic carbocycles. The molecule has 0 aliphatic rings. The Morgan fingerprint density at radius 2 is 2.11 bits per heavy atom. The molecule has 1 rings (SSSR count). The van der Waals surface area contributed by atoms with Crippen molar-refractivity contribution in [1.29, 1.82) is 0 Å². The van der Waals surface area contributed by atoms with Crippen LogP contribution in [0.5, 0.6) is 5.75 Å². The van der Waals surface area contributed by atoms with Crippen LogP contribution in [0.4, 0.5) is 0 Å². The van der Waals surface area contributed by atoms with E-state index in [1.165, 1.54) is 0 Å². The van der Waals surface area contributed by atoms with Gasteiger partial charge < -0.3 is 10.1 Å². The number of ether oxygens (including phenoxy) is 1. The van der Waals surface area contributed by atoms with Gasteiger partial charge in [0.25, 0.3) is 0 Å². The molecule has 1 N–H and O–H groups in total. The van der Waals surface area contributed by atoms with Gasteiger partial charge in [0.1, 0.15) is 5.75 Å². The van der Waals surface area contributed by atoms with Crippen molar-refractivity contribution in [1.82, 2.24) is 15.2 Å². The third kappa shape index (κ3) is 5.47. The molecule has 0 saturated carbocycles. The molecule has 0 aliphatic heterocycles. The number of pyridine rings is 1. The SMILES string of the molecule is COc1cc(C)nc(CN(C)CCNC(C)C)c1. The Labute approximate surface area is 110 Å². The third-order valence-corrected chi connectivity index (χ3v) is 2.69. The number of likely N-dealkylation sites (N-methyl/N-ethyl adjacent to an activating group) is 1. The van der Waals surface area contributed by atoms with Crippen LogP contribution < -0.4 is 10.1 Å². The summed E-state index contributed by atoms with van der Waals surface area (Å²) >= 11 is 0. The maximum Gasteiger partial charge on any atom is 0.122 e. The van der Waals surface area contributed by atoms with Crippen LogP contribution in [-0.2, 0) is 6.54 Å². The molecule has 1 aromatic heterocycles. The minimum atomic E-state index is 0.538. The lowest BCUT2D eigenvalue weighted by Crippen LogP contribution is -2.32. The van der Waals surface area contributed by atoms with Crippen LogP contribution in [0.25, 0.3) is 0 Å². The van der Waals surface area contributed by atoms with Crippen molar-refractivity contribution in [2.24, 2.45) is 0 Å². The molecule has 0 aliphatic carbocycles. The van der Waals surface area contributed by atoms with Gasteiger partial charge >= 0.3 is 0 Å². The molecule has 0 fully saturated rings. The summed E-state index contributed by atoms with van der Waals surface area (Å²) in [5, 5.41) is 3.41. The van der Waals surface area contributed by atoms with E-state index in [0.717, 1.165) is 36.8 Å². The van der Waals surface area contributed by atoms with Gasteiger partial charge in [0, 0.05) is 43.5 Å². The molecule has 18 heavy (non-hydrogen) atoms. The monoisotopic (exact) mass is 251 g/mol. The molecule has 0 unspecified atom stereocenters. The molecule has 0 radical (unpaired) electrons. The van der Waals surface area contributed by atoms with Gasteiger partial charge in [0.2, 0.25) is 0 Å². The molecular weight excluding hydrogens is 226 g/mol. The van der Waals surface area contributed by atoms with Crippen LogP contribution in [0.2, 0.25) is 0 Å². The largest absolute Gasteiger partial charge is 0.497 e. The number of nitrogens with zero attached hydrogens (tertiary/aromatic N) is 2. The molecule has 0 bridgehead atoms. The zero-order valence-electron chi connectivity index (χ0n) is 12.2. The van der Waals surface area contributed by atoms with E-state index < -0.39 is 0 Å². The van der Waals surface area contributed by atoms with E-state index in [-0.39, 0.29) is 0 Å². The number of hydrogen-bond acceptors (Lipinski definition) is 4. The summed E-state index contributed by atoms with van der Waals surface area (Å²) in [6.07, 6.45) is 0. The van der Waals surface area contributed by atoms with Gasteiger partial charge in [-0.2, -0.15) is 0 Å². The predicted molar refractivity (Wildman–Crippen MR) is 75.0 cm³/mol. The van der Waals surface area contributed by atoms with E-state index in [0.29, 0.717) is 6.04 Å². The third-order valence-electron chi connectivity index (χ3n) is 2.69. The number of aromatic nitrogens is 1. The predicted octanol–water partition coefficient (Wildman–Crippen LogP) is 1.83. The first-order valence-electron chi connectivity index (χ1n) is 6.44. The first kappa shape index (κ1) is 14.9. The topological polar surface area (TPSA) is 37.4 Å². The first-order valence-corrected chi connectivity index (χ1v) is 6.44. The highest BCUT2D eigenvalue weighted by atomic mass is 16.5. The quantitative estimate of drug-likeness (QED) is 0.802. The van der Waals surface area contributed by atoms with E-state index in [1.54, 1.807) is 7.11 Å². The molecule has 4 nitrogen and oxygen atoms in total. The highest BCUT2D eigenvalue weighted by molar-refractivity contribution is 5.26. The van der Waals surface area contributed by atoms with Gasteiger partial charge in [0.05, 0.1) is 12.8 Å². The average Bonchev–Trinajstić information content (AvgIpc) is 2.27. The molecule has 0 saturated heterocycles. The maximum atomic E-state index is 5.26. The van der Waals surface area contributed by atoms with Gasteiger partial charge in [-0.1, -0.05) is 13.8 Å². The summed E-state index contributed by atoms with van der Waals surface area (Å²) in [5.41, 5.74) is 2.05. The zero-order chi connectivity index (χ0) is 13.5. The van der Waals surface area contributed by atoms with Gasteiger partial charge in [-0.05, 0) is 14.0 Å². The fourth-order valence-corrected chi connectivity index (χ4v) is 1.80. The number of nitrogens with one attached hydrogen (secondary N) is 1. The second-order valence-electron chi connectivity index (χ2n) is 4.99. The lowest BCUT2D eigenvalue weighted by molar-refractivity contribution is 0.315. The number of methoxy groups -OCH3 is 1. The summed E-state index contributed by atoms with van der Waals surface area (Å²) in [5.74, 6) is 0.881. The van der Waals surface area contributed by atoms with Gasteiger partial charge in [-0.25, -0.2) is 0 Å². The Balaban J connectivity index is 2.48. The van der Waals surface area contributed by atoms with Gasteiger partial charge in [-0.3, -0.25) is 9.88 Å². The summed E-state index contributed by atoms with van der Waals surface area (Å²) in [6, 6.07) is 4.49. The number of rotatable bonds is 7. The van der Waals surface area contributed by atoms with Crippen molar-refractivity contribution in [2.75, 3.05) is 27.2 Å². The molecule has 4 heteroatoms. The highest BCUT2D eigenvalue weighted by Crippen LogP contribution is 2.14. The minimum Gasteiger partial charge on any atom is -0.497 e. The molecular formula is C14H25N3O. The Morgan fingerprint density at radius 1 is 1.39 bits per heavy atom. The normalized spacial score (nSPS) is 11.3. The summed E-state index contributed by atoms with van der Waals surface area (Å²) in [6.45, 7) is 9.16. The fourth-order valence-electron chi connectivity index (χ4n) is 1.80. The van der Waals surface area contributed by atoms with Crippen molar-refractivity contribution < 1.29 is 4.74 Å². The fraction of sp³-hybridized carbons (Fsp3) is 0.643. The minimum absolute atomic E-state index is 0.538. The summed E-state index contributed by atoms with van der Waals surface area (Å²) in [4.78, 5) is 6.78. The Bertz CT molecular complexity index is 366. The van der Waals surface area contributed by atoms with Crippen molar-refractivity contribution in [3.63, 3.8) is 0 Å². The van der Waals surface area contributed by atoms with E-state index in [1.807, 2.05) is 19.1 Å². The average molecular weight is 251 g/mol. The van der Waals surface area contributed by atoms with Crippen LogP contribution in [0, 0.1) is 6.92 Å². The molecule has 0 spiro atoms. The van der Waals surface area contributed by atoms with Crippen LogP contribution in [0.15, 0.2) is 12.1 Å². The molecule has 102 valence electrons. The van der Waals surface area contributed by atoms with Crippen molar-refractivity contribution in [2.45, 2.75) is 33.4 Å². The van der Waals surface area contributed by atoms with Crippen LogP contribution in [0.3, 0.4) is 0 Å². The van der Waals surface area contributed by atoms with Gasteiger partial charge in [0.15, 0.2) is 0 Å². The van der Waals surface area contributed by atoms with Crippen LogP contribution in [0.1, 0.15) is 25.2 Å². The first-order chi connectivity index (χ1) is 8.51. The molecule has 0 atom stereocenters.